The van der Waals surface area contributed by atoms with Crippen LogP contribution in [0.2, 0.25) is 0 Å². The normalized spacial score (nSPS) is 12.4. The quantitative estimate of drug-likeness (QED) is 0.419. The van der Waals surface area contributed by atoms with E-state index in [0.717, 1.165) is 11.9 Å². The standard InChI is InChI=1S/C19H28O4.C2H4O.C2H6/c1-8-10-12-14(11-9-2)18(3,4)19(5,6)16-15(13-21-7)22-17(20)23-16;1-2-3;1-2/h8-12H,13H2,1-7H3;2H,1H3;1-2H3/b10-8-,11-9-,14-12+;;. The molecule has 1 aromatic rings. The molecule has 0 spiro atoms. The van der Waals surface area contributed by atoms with Crippen molar-refractivity contribution in [1.82, 2.24) is 0 Å². The van der Waals surface area contributed by atoms with Gasteiger partial charge in [-0.2, -0.15) is 0 Å². The van der Waals surface area contributed by atoms with E-state index in [-0.39, 0.29) is 12.0 Å². The van der Waals surface area contributed by atoms with Crippen LogP contribution in [0.25, 0.3) is 0 Å². The Morgan fingerprint density at radius 3 is 2.00 bits per heavy atom. The van der Waals surface area contributed by atoms with E-state index in [1.54, 1.807) is 7.11 Å². The number of methoxy groups -OCH3 is 1. The van der Waals surface area contributed by atoms with Gasteiger partial charge in [0.2, 0.25) is 0 Å². The van der Waals surface area contributed by atoms with Crippen LogP contribution in [0.4, 0.5) is 0 Å². The Kier molecular flexibility index (Phi) is 14.0. The summed E-state index contributed by atoms with van der Waals surface area (Å²) in [6.07, 6.45) is 10.9. The lowest BCUT2D eigenvalue weighted by Crippen LogP contribution is -2.38. The number of allylic oxidation sites excluding steroid dienone is 6. The zero-order chi connectivity index (χ0) is 22.4. The largest absolute Gasteiger partial charge is 0.519 e. The Morgan fingerprint density at radius 2 is 1.57 bits per heavy atom. The maximum Gasteiger partial charge on any atom is 0.519 e. The SMILES string of the molecule is CC.CC=O.C\C=C/C=C(\C=C/C)C(C)(C)C(C)(C)c1oc(=O)oc1COC. The topological polar surface area (TPSA) is 69.7 Å². The average Bonchev–Trinajstić information content (AvgIpc) is 3.02. The highest BCUT2D eigenvalue weighted by molar-refractivity contribution is 5.44. The van der Waals surface area contributed by atoms with Gasteiger partial charge in [-0.25, -0.2) is 4.79 Å². The predicted octanol–water partition coefficient (Wildman–Crippen LogP) is 5.99. The molecule has 0 atom stereocenters. The summed E-state index contributed by atoms with van der Waals surface area (Å²) >= 11 is 0. The van der Waals surface area contributed by atoms with Crippen LogP contribution in [0.5, 0.6) is 0 Å². The maximum absolute atomic E-state index is 11.6. The summed E-state index contributed by atoms with van der Waals surface area (Å²) in [4.78, 5) is 20.4. The van der Waals surface area contributed by atoms with Crippen molar-refractivity contribution in [3.8, 4) is 0 Å². The molecule has 0 aliphatic heterocycles. The summed E-state index contributed by atoms with van der Waals surface area (Å²) < 4.78 is 15.7. The molecule has 1 rings (SSSR count). The van der Waals surface area contributed by atoms with E-state index >= 15 is 0 Å². The van der Waals surface area contributed by atoms with Crippen molar-refractivity contribution in [3.63, 3.8) is 0 Å². The molecular weight excluding hydrogens is 356 g/mol. The van der Waals surface area contributed by atoms with Gasteiger partial charge in [0.15, 0.2) is 11.5 Å². The van der Waals surface area contributed by atoms with Crippen LogP contribution in [0.1, 0.15) is 73.8 Å². The predicted molar refractivity (Wildman–Crippen MR) is 116 cm³/mol. The van der Waals surface area contributed by atoms with E-state index in [1.807, 2.05) is 59.8 Å². The first-order chi connectivity index (χ1) is 13.1. The first kappa shape index (κ1) is 28.1. The number of carbonyl (C=O) groups is 1. The van der Waals surface area contributed by atoms with Gasteiger partial charge in [0.05, 0.1) is 0 Å². The van der Waals surface area contributed by atoms with Crippen LogP contribution in [-0.2, 0) is 21.6 Å². The van der Waals surface area contributed by atoms with E-state index in [2.05, 4.69) is 26.0 Å². The van der Waals surface area contributed by atoms with Crippen LogP contribution in [-0.4, -0.2) is 13.4 Å². The zero-order valence-electron chi connectivity index (χ0n) is 19.2. The summed E-state index contributed by atoms with van der Waals surface area (Å²) in [5.74, 6) is 0.285. The third kappa shape index (κ3) is 7.47. The Hall–Kier alpha value is -2.14. The number of hydrogen-bond acceptors (Lipinski definition) is 5. The minimum Gasteiger partial charge on any atom is -0.395 e. The number of aldehydes is 1. The third-order valence-corrected chi connectivity index (χ3v) is 4.59. The van der Waals surface area contributed by atoms with Crippen LogP contribution in [0.15, 0.2) is 49.6 Å². The maximum atomic E-state index is 11.6. The third-order valence-electron chi connectivity index (χ3n) is 4.59. The fourth-order valence-corrected chi connectivity index (χ4v) is 2.51. The second kappa shape index (κ2) is 13.9. The summed E-state index contributed by atoms with van der Waals surface area (Å²) in [7, 11) is 1.56. The molecule has 1 aromatic heterocycles. The number of carbonyl (C=O) groups excluding carboxylic acids is 1. The van der Waals surface area contributed by atoms with Crippen molar-refractivity contribution in [3.05, 3.63) is 58.1 Å². The van der Waals surface area contributed by atoms with Gasteiger partial charge >= 0.3 is 5.82 Å². The molecule has 0 fully saturated rings. The van der Waals surface area contributed by atoms with Gasteiger partial charge in [0.25, 0.3) is 0 Å². The van der Waals surface area contributed by atoms with Crippen LogP contribution in [0.3, 0.4) is 0 Å². The summed E-state index contributed by atoms with van der Waals surface area (Å²) in [5, 5.41) is 0. The molecule has 0 aliphatic rings. The first-order valence-corrected chi connectivity index (χ1v) is 9.62. The van der Waals surface area contributed by atoms with E-state index < -0.39 is 11.2 Å². The summed E-state index contributed by atoms with van der Waals surface area (Å²) in [6.45, 7) is 18.0. The Morgan fingerprint density at radius 1 is 1.04 bits per heavy atom. The molecule has 0 bridgehead atoms. The van der Waals surface area contributed by atoms with E-state index in [1.165, 1.54) is 6.92 Å². The zero-order valence-corrected chi connectivity index (χ0v) is 19.2. The van der Waals surface area contributed by atoms with Crippen molar-refractivity contribution in [2.24, 2.45) is 5.41 Å². The molecule has 0 aliphatic carbocycles. The molecule has 5 heteroatoms. The molecule has 0 N–H and O–H groups in total. The van der Waals surface area contributed by atoms with Gasteiger partial charge in [0.1, 0.15) is 12.9 Å². The van der Waals surface area contributed by atoms with Crippen molar-refractivity contribution < 1.29 is 18.4 Å². The number of hydrogen-bond donors (Lipinski definition) is 0. The van der Waals surface area contributed by atoms with Crippen molar-refractivity contribution in [2.45, 2.75) is 74.3 Å². The molecule has 0 saturated carbocycles. The second-order valence-electron chi connectivity index (χ2n) is 6.77. The minimum absolute atomic E-state index is 0.206. The van der Waals surface area contributed by atoms with E-state index in [4.69, 9.17) is 18.4 Å². The molecule has 0 unspecified atom stereocenters. The van der Waals surface area contributed by atoms with Gasteiger partial charge in [-0.1, -0.05) is 71.9 Å². The monoisotopic (exact) mass is 394 g/mol. The average molecular weight is 395 g/mol. The lowest BCUT2D eigenvalue weighted by molar-refractivity contribution is -0.106. The van der Waals surface area contributed by atoms with Crippen molar-refractivity contribution in [1.29, 1.82) is 0 Å². The molecule has 28 heavy (non-hydrogen) atoms. The Labute approximate surface area is 170 Å². The number of ether oxygens (including phenoxy) is 1. The highest BCUT2D eigenvalue weighted by Gasteiger charge is 2.45. The van der Waals surface area contributed by atoms with Gasteiger partial charge < -0.3 is 18.4 Å². The van der Waals surface area contributed by atoms with E-state index in [0.29, 0.717) is 11.5 Å². The fraction of sp³-hybridized carbons (Fsp3) is 0.565. The van der Waals surface area contributed by atoms with Gasteiger partial charge in [-0.3, -0.25) is 0 Å². The molecule has 160 valence electrons. The van der Waals surface area contributed by atoms with Crippen LogP contribution in [0, 0.1) is 5.41 Å². The molecule has 5 nitrogen and oxygen atoms in total. The first-order valence-electron chi connectivity index (χ1n) is 9.62. The molecule has 0 saturated heterocycles. The highest BCUT2D eigenvalue weighted by Crippen LogP contribution is 2.47. The van der Waals surface area contributed by atoms with Gasteiger partial charge in [-0.15, -0.1) is 0 Å². The Balaban J connectivity index is 0. The highest BCUT2D eigenvalue weighted by atomic mass is 16.6. The van der Waals surface area contributed by atoms with Gasteiger partial charge in [-0.05, 0) is 26.3 Å². The van der Waals surface area contributed by atoms with Crippen LogP contribution >= 0.6 is 0 Å². The smallest absolute Gasteiger partial charge is 0.395 e. The summed E-state index contributed by atoms with van der Waals surface area (Å²) in [6, 6.07) is 0. The van der Waals surface area contributed by atoms with Gasteiger partial charge in [0, 0.05) is 17.9 Å². The lowest BCUT2D eigenvalue weighted by atomic mass is 9.62. The van der Waals surface area contributed by atoms with E-state index in [9.17, 15) is 4.79 Å². The molecule has 0 amide bonds. The molecule has 1 heterocycles. The van der Waals surface area contributed by atoms with Crippen molar-refractivity contribution in [2.75, 3.05) is 7.11 Å². The summed E-state index contributed by atoms with van der Waals surface area (Å²) in [5.41, 5.74) is 0.358. The molecular formula is C23H38O5. The Bertz CT molecular complexity index is 697. The second-order valence-corrected chi connectivity index (χ2v) is 6.77. The van der Waals surface area contributed by atoms with Crippen molar-refractivity contribution >= 4 is 6.29 Å². The van der Waals surface area contributed by atoms with Crippen LogP contribution < -0.4 is 5.82 Å². The lowest BCUT2D eigenvalue weighted by Gasteiger charge is -2.41. The molecule has 0 radical (unpaired) electrons. The fourth-order valence-electron chi connectivity index (χ4n) is 2.51. The molecule has 0 aromatic carbocycles. The number of rotatable bonds is 7. The minimum atomic E-state index is -0.694.